The third-order valence-electron chi connectivity index (χ3n) is 1.74. The van der Waals surface area contributed by atoms with E-state index < -0.39 is 29.9 Å². The normalized spacial score (nSPS) is 11.2. The molecule has 1 rings (SSSR count). The molecule has 0 aliphatic rings. The molecule has 3 nitrogen and oxygen atoms in total. The lowest BCUT2D eigenvalue weighted by molar-refractivity contribution is -0.138. The third-order valence-corrected chi connectivity index (χ3v) is 2.05. The van der Waals surface area contributed by atoms with Gasteiger partial charge in [-0.2, -0.15) is 13.2 Å². The Morgan fingerprint density at radius 2 is 2.06 bits per heavy atom. The summed E-state index contributed by atoms with van der Waals surface area (Å²) >= 11 is 5.56. The lowest BCUT2D eigenvalue weighted by atomic mass is 10.1. The van der Waals surface area contributed by atoms with Crippen molar-refractivity contribution >= 4 is 23.3 Å². The van der Waals surface area contributed by atoms with Crippen molar-refractivity contribution in [3.63, 3.8) is 0 Å². The van der Waals surface area contributed by atoms with Crippen molar-refractivity contribution in [2.24, 2.45) is 0 Å². The fourth-order valence-corrected chi connectivity index (χ4v) is 1.35. The first-order valence-corrected chi connectivity index (χ1v) is 4.51. The highest BCUT2D eigenvalue weighted by molar-refractivity contribution is 6.33. The molecular formula is C9H7ClF3NO2. The van der Waals surface area contributed by atoms with E-state index in [-0.39, 0.29) is 5.02 Å². The number of carboxylic acids is 1. The van der Waals surface area contributed by atoms with Crippen LogP contribution in [0.25, 0.3) is 0 Å². The van der Waals surface area contributed by atoms with Gasteiger partial charge in [0, 0.05) is 0 Å². The summed E-state index contributed by atoms with van der Waals surface area (Å²) in [6, 6.07) is 3.23. The highest BCUT2D eigenvalue weighted by Crippen LogP contribution is 2.38. The minimum absolute atomic E-state index is 0.170. The van der Waals surface area contributed by atoms with E-state index in [1.165, 1.54) is 6.07 Å². The van der Waals surface area contributed by atoms with Gasteiger partial charge in [-0.3, -0.25) is 4.79 Å². The van der Waals surface area contributed by atoms with E-state index in [0.29, 0.717) is 0 Å². The van der Waals surface area contributed by atoms with Crippen molar-refractivity contribution in [1.82, 2.24) is 0 Å². The first kappa shape index (κ1) is 12.6. The molecule has 0 saturated carbocycles. The Hall–Kier alpha value is -1.43. The van der Waals surface area contributed by atoms with Gasteiger partial charge in [-0.15, -0.1) is 0 Å². The van der Waals surface area contributed by atoms with E-state index in [1.54, 1.807) is 0 Å². The zero-order chi connectivity index (χ0) is 12.3. The van der Waals surface area contributed by atoms with Crippen LogP contribution >= 0.6 is 11.6 Å². The number of anilines is 1. The van der Waals surface area contributed by atoms with Gasteiger partial charge in [-0.05, 0) is 12.1 Å². The van der Waals surface area contributed by atoms with Crippen LogP contribution in [-0.2, 0) is 11.0 Å². The van der Waals surface area contributed by atoms with Crippen LogP contribution in [0.4, 0.5) is 18.9 Å². The molecule has 1 aromatic carbocycles. The Morgan fingerprint density at radius 1 is 1.44 bits per heavy atom. The fourth-order valence-electron chi connectivity index (χ4n) is 1.10. The number of rotatable bonds is 3. The second kappa shape index (κ2) is 4.61. The number of para-hydroxylation sites is 1. The Kier molecular flexibility index (Phi) is 3.64. The molecule has 0 heterocycles. The third kappa shape index (κ3) is 3.03. The number of alkyl halides is 3. The van der Waals surface area contributed by atoms with E-state index in [9.17, 15) is 18.0 Å². The van der Waals surface area contributed by atoms with Crippen LogP contribution in [0.1, 0.15) is 5.56 Å². The topological polar surface area (TPSA) is 49.3 Å². The molecule has 0 saturated heterocycles. The Labute approximate surface area is 93.8 Å². The molecule has 0 amide bonds. The fraction of sp³-hybridized carbons (Fsp3) is 0.222. The molecule has 0 aliphatic carbocycles. The molecule has 0 unspecified atom stereocenters. The van der Waals surface area contributed by atoms with Crippen LogP contribution in [0.2, 0.25) is 5.02 Å². The van der Waals surface area contributed by atoms with E-state index in [1.807, 2.05) is 0 Å². The van der Waals surface area contributed by atoms with Gasteiger partial charge in [0.25, 0.3) is 0 Å². The minimum Gasteiger partial charge on any atom is -0.480 e. The average Bonchev–Trinajstić information content (AvgIpc) is 2.13. The van der Waals surface area contributed by atoms with Crippen molar-refractivity contribution in [3.8, 4) is 0 Å². The predicted molar refractivity (Wildman–Crippen MR) is 52.6 cm³/mol. The molecule has 0 radical (unpaired) electrons. The lowest BCUT2D eigenvalue weighted by Gasteiger charge is -2.14. The number of halogens is 4. The second-order valence-electron chi connectivity index (χ2n) is 2.91. The number of benzene rings is 1. The quantitative estimate of drug-likeness (QED) is 0.871. The number of hydrogen-bond acceptors (Lipinski definition) is 2. The molecule has 0 aromatic heterocycles. The highest BCUT2D eigenvalue weighted by Gasteiger charge is 2.34. The number of carbonyl (C=O) groups is 1. The number of aliphatic carboxylic acids is 1. The molecule has 7 heteroatoms. The molecule has 0 fully saturated rings. The highest BCUT2D eigenvalue weighted by atomic mass is 35.5. The lowest BCUT2D eigenvalue weighted by Crippen LogP contribution is -2.16. The summed E-state index contributed by atoms with van der Waals surface area (Å²) in [4.78, 5) is 10.3. The van der Waals surface area contributed by atoms with Gasteiger partial charge in [0.15, 0.2) is 0 Å². The second-order valence-corrected chi connectivity index (χ2v) is 3.31. The van der Waals surface area contributed by atoms with Gasteiger partial charge < -0.3 is 10.4 Å². The number of hydrogen-bond donors (Lipinski definition) is 2. The van der Waals surface area contributed by atoms with E-state index in [0.717, 1.165) is 12.1 Å². The van der Waals surface area contributed by atoms with Crippen molar-refractivity contribution in [1.29, 1.82) is 0 Å². The molecular weight excluding hydrogens is 247 g/mol. The SMILES string of the molecule is O=C(O)CNc1c(Cl)cccc1C(F)(F)F. The van der Waals surface area contributed by atoms with Crippen molar-refractivity contribution in [3.05, 3.63) is 28.8 Å². The van der Waals surface area contributed by atoms with Crippen LogP contribution in [0, 0.1) is 0 Å². The molecule has 0 spiro atoms. The monoisotopic (exact) mass is 253 g/mol. The summed E-state index contributed by atoms with van der Waals surface area (Å²) in [5.41, 5.74) is -1.40. The van der Waals surface area contributed by atoms with Crippen molar-refractivity contribution < 1.29 is 23.1 Å². The Morgan fingerprint density at radius 3 is 2.56 bits per heavy atom. The zero-order valence-corrected chi connectivity index (χ0v) is 8.56. The van der Waals surface area contributed by atoms with Crippen LogP contribution < -0.4 is 5.32 Å². The molecule has 0 aliphatic heterocycles. The molecule has 88 valence electrons. The summed E-state index contributed by atoms with van der Waals surface area (Å²) in [6.07, 6.45) is -4.58. The summed E-state index contributed by atoms with van der Waals surface area (Å²) in [5.74, 6) is -1.27. The summed E-state index contributed by atoms with van der Waals surface area (Å²) in [6.45, 7) is -0.632. The standard InChI is InChI=1S/C9H7ClF3NO2/c10-6-3-1-2-5(9(11,12)13)8(6)14-4-7(15)16/h1-3,14H,4H2,(H,15,16). The maximum Gasteiger partial charge on any atom is 0.418 e. The van der Waals surface area contributed by atoms with Gasteiger partial charge in [0.2, 0.25) is 0 Å². The van der Waals surface area contributed by atoms with Gasteiger partial charge in [0.1, 0.15) is 6.54 Å². The smallest absolute Gasteiger partial charge is 0.418 e. The first-order valence-electron chi connectivity index (χ1n) is 4.13. The Bertz CT molecular complexity index is 406. The van der Waals surface area contributed by atoms with E-state index in [4.69, 9.17) is 16.7 Å². The van der Waals surface area contributed by atoms with Gasteiger partial charge >= 0.3 is 12.1 Å². The molecule has 2 N–H and O–H groups in total. The maximum atomic E-state index is 12.5. The zero-order valence-electron chi connectivity index (χ0n) is 7.81. The summed E-state index contributed by atoms with van der Waals surface area (Å²) < 4.78 is 37.5. The van der Waals surface area contributed by atoms with Gasteiger partial charge in [-0.25, -0.2) is 0 Å². The summed E-state index contributed by atoms with van der Waals surface area (Å²) in [7, 11) is 0. The first-order chi connectivity index (χ1) is 7.32. The molecule has 16 heavy (non-hydrogen) atoms. The van der Waals surface area contributed by atoms with Crippen molar-refractivity contribution in [2.45, 2.75) is 6.18 Å². The molecule has 0 bridgehead atoms. The number of nitrogens with one attached hydrogen (secondary N) is 1. The maximum absolute atomic E-state index is 12.5. The Balaban J connectivity index is 3.09. The summed E-state index contributed by atoms with van der Waals surface area (Å²) in [5, 5.41) is 10.3. The van der Waals surface area contributed by atoms with E-state index >= 15 is 0 Å². The van der Waals surface area contributed by atoms with E-state index in [2.05, 4.69) is 5.32 Å². The van der Waals surface area contributed by atoms with Crippen LogP contribution in [0.3, 0.4) is 0 Å². The molecule has 1 aromatic rings. The number of carboxylic acid groups (broad SMARTS) is 1. The van der Waals surface area contributed by atoms with Crippen LogP contribution in [-0.4, -0.2) is 17.6 Å². The van der Waals surface area contributed by atoms with Crippen LogP contribution in [0.5, 0.6) is 0 Å². The predicted octanol–water partition coefficient (Wildman–Crippen LogP) is 2.86. The van der Waals surface area contributed by atoms with Gasteiger partial charge in [-0.1, -0.05) is 17.7 Å². The van der Waals surface area contributed by atoms with Crippen molar-refractivity contribution in [2.75, 3.05) is 11.9 Å². The van der Waals surface area contributed by atoms with Crippen LogP contribution in [0.15, 0.2) is 18.2 Å². The minimum atomic E-state index is -4.58. The largest absolute Gasteiger partial charge is 0.480 e. The molecule has 0 atom stereocenters. The van der Waals surface area contributed by atoms with Gasteiger partial charge in [0.05, 0.1) is 16.3 Å². The average molecular weight is 254 g/mol.